The Morgan fingerprint density at radius 2 is 1.18 bits per heavy atom. The van der Waals surface area contributed by atoms with Gasteiger partial charge in [0.15, 0.2) is 46.2 Å². The highest BCUT2D eigenvalue weighted by Gasteiger charge is 2.44. The molecule has 4 aromatic rings. The molecule has 2 heterocycles. The third kappa shape index (κ3) is 6.62. The number of benzene rings is 2. The van der Waals surface area contributed by atoms with Crippen LogP contribution < -0.4 is 18.9 Å². The molecule has 0 amide bonds. The first-order chi connectivity index (χ1) is 24.1. The first-order valence-electron chi connectivity index (χ1n) is 16.3. The van der Waals surface area contributed by atoms with Crippen LogP contribution >= 0.6 is 22.7 Å². The van der Waals surface area contributed by atoms with Gasteiger partial charge < -0.3 is 28.8 Å². The molecule has 0 saturated heterocycles. The first kappa shape index (κ1) is 35.5. The molecule has 0 radical (unpaired) electrons. The van der Waals surface area contributed by atoms with Gasteiger partial charge >= 0.3 is 11.9 Å². The number of thiophene rings is 2. The third-order valence-electron chi connectivity index (χ3n) is 9.62. The molecular formula is C36H36F2O10S2. The molecule has 50 heavy (non-hydrogen) atoms. The van der Waals surface area contributed by atoms with Crippen LogP contribution in [-0.2, 0) is 14.3 Å². The summed E-state index contributed by atoms with van der Waals surface area (Å²) >= 11 is 2.25. The van der Waals surface area contributed by atoms with Crippen LogP contribution in [0.3, 0.4) is 0 Å². The average molecular weight is 731 g/mol. The van der Waals surface area contributed by atoms with Gasteiger partial charge in [-0.3, -0.25) is 19.2 Å². The van der Waals surface area contributed by atoms with Gasteiger partial charge in [-0.05, 0) is 57.1 Å². The molecule has 2 fully saturated rings. The van der Waals surface area contributed by atoms with E-state index < -0.39 is 47.2 Å². The monoisotopic (exact) mass is 730 g/mol. The van der Waals surface area contributed by atoms with Gasteiger partial charge in [-0.1, -0.05) is 0 Å². The molecule has 2 aliphatic rings. The van der Waals surface area contributed by atoms with Gasteiger partial charge in [0.1, 0.15) is 0 Å². The number of Topliss-reactive ketones (excluding diaryl/α,β-unsaturated/α-hetero) is 2. The van der Waals surface area contributed by atoms with Crippen LogP contribution in [0.5, 0.6) is 23.0 Å². The molecule has 1 N–H and O–H groups in total. The van der Waals surface area contributed by atoms with E-state index in [1.54, 1.807) is 12.1 Å². The van der Waals surface area contributed by atoms with Crippen LogP contribution in [0.4, 0.5) is 8.78 Å². The maximum absolute atomic E-state index is 15.5. The molecular weight excluding hydrogens is 695 g/mol. The maximum atomic E-state index is 15.5. The Morgan fingerprint density at radius 1 is 0.680 bits per heavy atom. The predicted molar refractivity (Wildman–Crippen MR) is 182 cm³/mol. The fraction of sp³-hybridized carbons (Fsp3) is 0.444. The largest absolute Gasteiger partial charge is 0.493 e. The van der Waals surface area contributed by atoms with E-state index in [2.05, 4.69) is 0 Å². The zero-order valence-electron chi connectivity index (χ0n) is 27.7. The lowest BCUT2D eigenvalue weighted by atomic mass is 9.71. The van der Waals surface area contributed by atoms with Crippen LogP contribution in [0.25, 0.3) is 20.2 Å². The minimum Gasteiger partial charge on any atom is -0.493 e. The Kier molecular flexibility index (Phi) is 10.6. The molecule has 0 aliphatic heterocycles. The molecule has 266 valence electrons. The summed E-state index contributed by atoms with van der Waals surface area (Å²) < 4.78 is 58.5. The number of halogens is 2. The quantitative estimate of drug-likeness (QED) is 0.0694. The lowest BCUT2D eigenvalue weighted by Gasteiger charge is -2.33. The number of methoxy groups -OCH3 is 3. The number of ether oxygens (including phenoxy) is 5. The topological polar surface area (TPSA) is 135 Å². The number of hydrogen-bond donors (Lipinski definition) is 1. The smallest absolute Gasteiger partial charge is 0.309 e. The molecule has 2 aromatic carbocycles. The normalized spacial score (nSPS) is 19.8. The molecule has 14 heteroatoms. The number of esters is 1. The Hall–Kier alpha value is -4.30. The number of hydrogen-bond acceptors (Lipinski definition) is 11. The van der Waals surface area contributed by atoms with Crippen molar-refractivity contribution in [3.63, 3.8) is 0 Å². The number of carbonyl (C=O) groups is 4. The van der Waals surface area contributed by atoms with Crippen LogP contribution in [0.2, 0.25) is 0 Å². The molecule has 2 aromatic heterocycles. The van der Waals surface area contributed by atoms with Crippen molar-refractivity contribution in [1.29, 1.82) is 0 Å². The van der Waals surface area contributed by atoms with Crippen molar-refractivity contribution in [3.05, 3.63) is 45.7 Å². The van der Waals surface area contributed by atoms with E-state index in [0.717, 1.165) is 22.7 Å². The van der Waals surface area contributed by atoms with Gasteiger partial charge in [-0.25, -0.2) is 8.78 Å². The van der Waals surface area contributed by atoms with Crippen molar-refractivity contribution in [2.75, 3.05) is 34.5 Å². The molecule has 2 saturated carbocycles. The van der Waals surface area contributed by atoms with E-state index in [-0.39, 0.29) is 58.6 Å². The molecule has 0 spiro atoms. The van der Waals surface area contributed by atoms with Gasteiger partial charge in [-0.15, -0.1) is 22.7 Å². The van der Waals surface area contributed by atoms with Crippen LogP contribution in [-0.4, -0.2) is 63.2 Å². The second-order valence-electron chi connectivity index (χ2n) is 12.4. The van der Waals surface area contributed by atoms with Crippen molar-refractivity contribution >= 4 is 66.4 Å². The van der Waals surface area contributed by atoms with Crippen molar-refractivity contribution < 1.29 is 56.7 Å². The Morgan fingerprint density at radius 3 is 1.68 bits per heavy atom. The number of carboxylic acids is 1. The number of carboxylic acid groups (broad SMARTS) is 1. The minimum absolute atomic E-state index is 0.0356. The van der Waals surface area contributed by atoms with E-state index in [1.807, 2.05) is 0 Å². The third-order valence-corrected chi connectivity index (χ3v) is 11.8. The summed E-state index contributed by atoms with van der Waals surface area (Å²) in [5.41, 5.74) is 0. The number of rotatable bonds is 16. The van der Waals surface area contributed by atoms with E-state index >= 15 is 4.39 Å². The van der Waals surface area contributed by atoms with Gasteiger partial charge in [0.25, 0.3) is 0 Å². The van der Waals surface area contributed by atoms with Gasteiger partial charge in [0.2, 0.25) is 0 Å². The highest BCUT2D eigenvalue weighted by Crippen LogP contribution is 2.45. The molecule has 2 aliphatic carbocycles. The van der Waals surface area contributed by atoms with Crippen molar-refractivity contribution in [3.8, 4) is 23.0 Å². The van der Waals surface area contributed by atoms with Crippen LogP contribution in [0.1, 0.15) is 64.3 Å². The van der Waals surface area contributed by atoms with Crippen LogP contribution in [0.15, 0.2) is 24.3 Å². The lowest BCUT2D eigenvalue weighted by Crippen LogP contribution is -2.39. The Balaban J connectivity index is 0.973. The maximum Gasteiger partial charge on any atom is 0.309 e. The second-order valence-corrected chi connectivity index (χ2v) is 14.6. The number of ketones is 2. The standard InChI is InChI=1S/C36H36F2O10S2/c1-44-23-15-25-21(29(37)33(23)46-3)13-28(49-25)32(40)18-8-10-20(18)36(43)48-12-6-4-5-11-47-34-24(45-2)16-26-22(30(34)38)14-27(50-26)31(39)17-7-9-19(17)35(41)42/h13-20H,4-12H2,1-3H3,(H,41,42)/t17-,18-,19-,20+/m1/s1. The summed E-state index contributed by atoms with van der Waals surface area (Å²) in [6.45, 7) is 0.320. The Bertz CT molecular complexity index is 1970. The van der Waals surface area contributed by atoms with Gasteiger partial charge in [0.05, 0.1) is 56.1 Å². The fourth-order valence-electron chi connectivity index (χ4n) is 6.47. The molecule has 6 rings (SSSR count). The minimum atomic E-state index is -0.997. The Labute approximate surface area is 294 Å². The lowest BCUT2D eigenvalue weighted by molar-refractivity contribution is -0.153. The van der Waals surface area contributed by atoms with Crippen molar-refractivity contribution in [1.82, 2.24) is 0 Å². The zero-order valence-corrected chi connectivity index (χ0v) is 29.3. The zero-order chi connectivity index (χ0) is 35.7. The number of unbranched alkanes of at least 4 members (excludes halogenated alkanes) is 2. The molecule has 4 atom stereocenters. The van der Waals surface area contributed by atoms with E-state index in [0.29, 0.717) is 64.1 Å². The number of fused-ring (bicyclic) bond motifs is 2. The van der Waals surface area contributed by atoms with Crippen molar-refractivity contribution in [2.45, 2.75) is 44.9 Å². The second kappa shape index (κ2) is 14.9. The predicted octanol–water partition coefficient (Wildman–Crippen LogP) is 7.71. The van der Waals surface area contributed by atoms with E-state index in [9.17, 15) is 28.7 Å². The molecule has 0 bridgehead atoms. The fourth-order valence-corrected chi connectivity index (χ4v) is 8.65. The van der Waals surface area contributed by atoms with Gasteiger partial charge in [-0.2, -0.15) is 0 Å². The number of aliphatic carboxylic acids is 1. The van der Waals surface area contributed by atoms with E-state index in [4.69, 9.17) is 23.7 Å². The summed E-state index contributed by atoms with van der Waals surface area (Å²) in [6.07, 6.45) is 3.71. The summed E-state index contributed by atoms with van der Waals surface area (Å²) in [5, 5.41) is 9.79. The molecule has 10 nitrogen and oxygen atoms in total. The number of carbonyl (C=O) groups excluding carboxylic acids is 3. The summed E-state index contributed by atoms with van der Waals surface area (Å²) in [7, 11) is 4.14. The summed E-state index contributed by atoms with van der Waals surface area (Å²) in [5.74, 6) is -5.31. The SMILES string of the molecule is COc1cc2sc(C(=O)[C@@H]3CC[C@@H]3C(=O)OCCCCCOc3c(OC)cc4sc(C(=O)[C@@H]5CC[C@H]5C(=O)O)cc4c3F)cc2c(F)c1OC. The van der Waals surface area contributed by atoms with Crippen molar-refractivity contribution in [2.24, 2.45) is 23.7 Å². The average Bonchev–Trinajstić information content (AvgIpc) is 3.69. The summed E-state index contributed by atoms with van der Waals surface area (Å²) in [6, 6.07) is 6.18. The highest BCUT2D eigenvalue weighted by atomic mass is 32.1. The van der Waals surface area contributed by atoms with Crippen LogP contribution in [0, 0.1) is 35.3 Å². The summed E-state index contributed by atoms with van der Waals surface area (Å²) in [4.78, 5) is 51.1. The first-order valence-corrected chi connectivity index (χ1v) is 18.0. The van der Waals surface area contributed by atoms with E-state index in [1.165, 1.54) is 33.5 Å². The van der Waals surface area contributed by atoms with Gasteiger partial charge in [0, 0.05) is 44.1 Å². The highest BCUT2D eigenvalue weighted by molar-refractivity contribution is 7.21. The molecule has 0 unspecified atom stereocenters.